The summed E-state index contributed by atoms with van der Waals surface area (Å²) in [4.78, 5) is 4.38. The lowest BCUT2D eigenvalue weighted by molar-refractivity contribution is 0.349. The monoisotopic (exact) mass is 236 g/mol. The van der Waals surface area contributed by atoms with Crippen molar-refractivity contribution >= 4 is 0 Å². The minimum Gasteiger partial charge on any atom is -0.312 e. The number of hydrogen-bond acceptors (Lipinski definition) is 3. The van der Waals surface area contributed by atoms with Crippen LogP contribution in [0.15, 0.2) is 6.33 Å². The van der Waals surface area contributed by atoms with E-state index in [1.807, 2.05) is 4.68 Å². The van der Waals surface area contributed by atoms with E-state index in [0.717, 1.165) is 25.3 Å². The van der Waals surface area contributed by atoms with E-state index in [-0.39, 0.29) is 5.54 Å². The van der Waals surface area contributed by atoms with Crippen molar-refractivity contribution in [3.63, 3.8) is 0 Å². The first-order valence-electron chi connectivity index (χ1n) is 6.56. The van der Waals surface area contributed by atoms with Gasteiger partial charge in [0.25, 0.3) is 0 Å². The molecule has 1 aliphatic carbocycles. The van der Waals surface area contributed by atoms with Gasteiger partial charge in [-0.25, -0.2) is 4.98 Å². The average molecular weight is 236 g/mol. The van der Waals surface area contributed by atoms with Gasteiger partial charge < -0.3 is 5.32 Å². The summed E-state index contributed by atoms with van der Waals surface area (Å²) in [6.07, 6.45) is 5.36. The largest absolute Gasteiger partial charge is 0.312 e. The Labute approximate surface area is 104 Å². The van der Waals surface area contributed by atoms with Crippen LogP contribution in [0.25, 0.3) is 0 Å². The van der Waals surface area contributed by atoms with Crippen LogP contribution in [0.1, 0.15) is 46.4 Å². The Bertz CT molecular complexity index is 371. The van der Waals surface area contributed by atoms with E-state index in [9.17, 15) is 0 Å². The highest BCUT2D eigenvalue weighted by Crippen LogP contribution is 2.47. The second-order valence-electron chi connectivity index (χ2n) is 6.27. The van der Waals surface area contributed by atoms with Gasteiger partial charge in [-0.2, -0.15) is 5.10 Å². The van der Waals surface area contributed by atoms with E-state index >= 15 is 0 Å². The third-order valence-electron chi connectivity index (χ3n) is 3.48. The van der Waals surface area contributed by atoms with Crippen molar-refractivity contribution in [3.05, 3.63) is 12.2 Å². The molecule has 17 heavy (non-hydrogen) atoms. The molecular weight excluding hydrogens is 212 g/mol. The standard InChI is InChI=1S/C13H24N4/c1-5-17-11(14-10-16-17)8-13(6-7-13)9-15-12(2,3)4/h10,15H,5-9H2,1-4H3. The van der Waals surface area contributed by atoms with Gasteiger partial charge in [-0.15, -0.1) is 0 Å². The van der Waals surface area contributed by atoms with Gasteiger partial charge in [0.2, 0.25) is 0 Å². The van der Waals surface area contributed by atoms with Gasteiger partial charge in [-0.3, -0.25) is 4.68 Å². The van der Waals surface area contributed by atoms with E-state index in [0.29, 0.717) is 5.41 Å². The zero-order valence-electron chi connectivity index (χ0n) is 11.5. The van der Waals surface area contributed by atoms with Gasteiger partial charge in [-0.05, 0) is 46.0 Å². The van der Waals surface area contributed by atoms with Crippen molar-refractivity contribution in [2.45, 2.75) is 59.0 Å². The van der Waals surface area contributed by atoms with Crippen molar-refractivity contribution < 1.29 is 0 Å². The zero-order chi connectivity index (χ0) is 12.5. The van der Waals surface area contributed by atoms with Gasteiger partial charge >= 0.3 is 0 Å². The summed E-state index contributed by atoms with van der Waals surface area (Å²) < 4.78 is 2.01. The molecule has 4 heteroatoms. The first kappa shape index (κ1) is 12.6. The number of nitrogens with one attached hydrogen (secondary N) is 1. The molecule has 1 heterocycles. The van der Waals surface area contributed by atoms with Gasteiger partial charge in [0, 0.05) is 25.0 Å². The summed E-state index contributed by atoms with van der Waals surface area (Å²) in [7, 11) is 0. The fourth-order valence-corrected chi connectivity index (χ4v) is 2.07. The van der Waals surface area contributed by atoms with Crippen LogP contribution < -0.4 is 5.32 Å². The summed E-state index contributed by atoms with van der Waals surface area (Å²) in [5, 5.41) is 7.86. The maximum Gasteiger partial charge on any atom is 0.138 e. The van der Waals surface area contributed by atoms with Crippen molar-refractivity contribution in [2.24, 2.45) is 5.41 Å². The van der Waals surface area contributed by atoms with Gasteiger partial charge in [0.1, 0.15) is 12.2 Å². The van der Waals surface area contributed by atoms with Crippen molar-refractivity contribution in [3.8, 4) is 0 Å². The highest BCUT2D eigenvalue weighted by atomic mass is 15.3. The van der Waals surface area contributed by atoms with Crippen LogP contribution in [-0.2, 0) is 13.0 Å². The third kappa shape index (κ3) is 3.28. The van der Waals surface area contributed by atoms with Gasteiger partial charge in [0.05, 0.1) is 0 Å². The molecule has 0 atom stereocenters. The summed E-state index contributed by atoms with van der Waals surface area (Å²) in [5.41, 5.74) is 0.640. The maximum absolute atomic E-state index is 4.38. The minimum absolute atomic E-state index is 0.202. The number of aromatic nitrogens is 3. The quantitative estimate of drug-likeness (QED) is 0.850. The molecule has 1 N–H and O–H groups in total. The Balaban J connectivity index is 1.94. The van der Waals surface area contributed by atoms with Gasteiger partial charge in [0.15, 0.2) is 0 Å². The number of nitrogens with zero attached hydrogens (tertiary/aromatic N) is 3. The predicted molar refractivity (Wildman–Crippen MR) is 68.8 cm³/mol. The first-order valence-corrected chi connectivity index (χ1v) is 6.56. The van der Waals surface area contributed by atoms with E-state index in [1.54, 1.807) is 6.33 Å². The molecular formula is C13H24N4. The molecule has 0 saturated heterocycles. The third-order valence-corrected chi connectivity index (χ3v) is 3.48. The van der Waals surface area contributed by atoms with E-state index in [1.165, 1.54) is 12.8 Å². The van der Waals surface area contributed by atoms with Crippen LogP contribution in [-0.4, -0.2) is 26.8 Å². The van der Waals surface area contributed by atoms with Crippen LogP contribution in [0.5, 0.6) is 0 Å². The second-order valence-corrected chi connectivity index (χ2v) is 6.27. The van der Waals surface area contributed by atoms with Crippen LogP contribution in [0.2, 0.25) is 0 Å². The van der Waals surface area contributed by atoms with Crippen molar-refractivity contribution in [1.29, 1.82) is 0 Å². The predicted octanol–water partition coefficient (Wildman–Crippen LogP) is 2.01. The Kier molecular flexibility index (Phi) is 3.25. The lowest BCUT2D eigenvalue weighted by atomic mass is 9.99. The fourth-order valence-electron chi connectivity index (χ4n) is 2.07. The van der Waals surface area contributed by atoms with E-state index < -0.39 is 0 Å². The molecule has 1 saturated carbocycles. The Hall–Kier alpha value is -0.900. The van der Waals surface area contributed by atoms with Gasteiger partial charge in [-0.1, -0.05) is 0 Å². The van der Waals surface area contributed by atoms with Crippen LogP contribution in [0, 0.1) is 5.41 Å². The molecule has 0 spiro atoms. The fraction of sp³-hybridized carbons (Fsp3) is 0.846. The molecule has 0 radical (unpaired) electrons. The highest BCUT2D eigenvalue weighted by molar-refractivity contribution is 5.03. The highest BCUT2D eigenvalue weighted by Gasteiger charge is 2.43. The van der Waals surface area contributed by atoms with E-state index in [2.05, 4.69) is 43.1 Å². The molecule has 2 rings (SSSR count). The lowest BCUT2D eigenvalue weighted by Crippen LogP contribution is -2.40. The minimum atomic E-state index is 0.202. The SMILES string of the molecule is CCn1ncnc1CC1(CNC(C)(C)C)CC1. The Morgan fingerprint density at radius 1 is 1.41 bits per heavy atom. The van der Waals surface area contributed by atoms with E-state index in [4.69, 9.17) is 0 Å². The first-order chi connectivity index (χ1) is 7.94. The average Bonchev–Trinajstić information content (AvgIpc) is 2.86. The Morgan fingerprint density at radius 3 is 2.65 bits per heavy atom. The molecule has 0 amide bonds. The summed E-state index contributed by atoms with van der Waals surface area (Å²) in [6, 6.07) is 0. The molecule has 1 aromatic rings. The summed E-state index contributed by atoms with van der Waals surface area (Å²) >= 11 is 0. The summed E-state index contributed by atoms with van der Waals surface area (Å²) in [6.45, 7) is 10.8. The molecule has 0 aromatic carbocycles. The van der Waals surface area contributed by atoms with Crippen molar-refractivity contribution in [1.82, 2.24) is 20.1 Å². The van der Waals surface area contributed by atoms with Crippen LogP contribution in [0.3, 0.4) is 0 Å². The number of aryl methyl sites for hydroxylation is 1. The Morgan fingerprint density at radius 2 is 2.12 bits per heavy atom. The normalized spacial score (nSPS) is 18.4. The molecule has 0 aliphatic heterocycles. The van der Waals surface area contributed by atoms with Crippen molar-refractivity contribution in [2.75, 3.05) is 6.54 Å². The lowest BCUT2D eigenvalue weighted by Gasteiger charge is -2.25. The topological polar surface area (TPSA) is 42.7 Å². The maximum atomic E-state index is 4.38. The number of hydrogen-bond donors (Lipinski definition) is 1. The molecule has 4 nitrogen and oxygen atoms in total. The number of rotatable bonds is 5. The molecule has 1 aliphatic rings. The molecule has 1 fully saturated rings. The smallest absolute Gasteiger partial charge is 0.138 e. The molecule has 96 valence electrons. The zero-order valence-corrected chi connectivity index (χ0v) is 11.5. The van der Waals surface area contributed by atoms with Crippen LogP contribution in [0.4, 0.5) is 0 Å². The molecule has 0 unspecified atom stereocenters. The second kappa shape index (κ2) is 4.41. The summed E-state index contributed by atoms with van der Waals surface area (Å²) in [5.74, 6) is 1.14. The molecule has 1 aromatic heterocycles. The van der Waals surface area contributed by atoms with Crippen LogP contribution >= 0.6 is 0 Å². The molecule has 0 bridgehead atoms.